The SMILES string of the molecule is O=Cc1ccc(-c2cccc(F)c2Cl)o1. The van der Waals surface area contributed by atoms with Gasteiger partial charge in [-0.1, -0.05) is 17.7 Å². The molecule has 0 atom stereocenters. The number of aldehydes is 1. The highest BCUT2D eigenvalue weighted by Crippen LogP contribution is 2.30. The van der Waals surface area contributed by atoms with E-state index in [-0.39, 0.29) is 10.8 Å². The predicted octanol–water partition coefficient (Wildman–Crippen LogP) is 3.55. The Labute approximate surface area is 90.3 Å². The summed E-state index contributed by atoms with van der Waals surface area (Å²) in [5, 5.41) is -0.00991. The van der Waals surface area contributed by atoms with E-state index in [4.69, 9.17) is 16.0 Å². The van der Waals surface area contributed by atoms with Gasteiger partial charge in [0.2, 0.25) is 0 Å². The third-order valence-corrected chi connectivity index (χ3v) is 2.34. The maximum Gasteiger partial charge on any atom is 0.185 e. The van der Waals surface area contributed by atoms with Crippen LogP contribution in [0, 0.1) is 5.82 Å². The molecule has 2 aromatic rings. The quantitative estimate of drug-likeness (QED) is 0.731. The normalized spacial score (nSPS) is 10.3. The van der Waals surface area contributed by atoms with Gasteiger partial charge in [0.05, 0.1) is 5.02 Å². The van der Waals surface area contributed by atoms with E-state index in [1.54, 1.807) is 12.1 Å². The molecule has 0 saturated heterocycles. The van der Waals surface area contributed by atoms with Crippen LogP contribution in [-0.2, 0) is 0 Å². The van der Waals surface area contributed by atoms with Crippen molar-refractivity contribution in [3.63, 3.8) is 0 Å². The minimum atomic E-state index is -0.516. The Morgan fingerprint density at radius 3 is 2.73 bits per heavy atom. The molecule has 4 heteroatoms. The first-order valence-electron chi connectivity index (χ1n) is 4.22. The molecule has 1 aromatic heterocycles. The van der Waals surface area contributed by atoms with Gasteiger partial charge in [0.15, 0.2) is 12.0 Å². The molecule has 0 spiro atoms. The van der Waals surface area contributed by atoms with Crippen LogP contribution in [-0.4, -0.2) is 6.29 Å². The second-order valence-corrected chi connectivity index (χ2v) is 3.30. The van der Waals surface area contributed by atoms with Crippen molar-refractivity contribution in [1.29, 1.82) is 0 Å². The van der Waals surface area contributed by atoms with Crippen molar-refractivity contribution in [2.75, 3.05) is 0 Å². The first kappa shape index (κ1) is 9.93. The third kappa shape index (κ3) is 1.78. The zero-order chi connectivity index (χ0) is 10.8. The van der Waals surface area contributed by atoms with E-state index in [2.05, 4.69) is 0 Å². The van der Waals surface area contributed by atoms with Crippen LogP contribution in [0.2, 0.25) is 5.02 Å². The van der Waals surface area contributed by atoms with E-state index in [1.165, 1.54) is 18.2 Å². The van der Waals surface area contributed by atoms with Crippen molar-refractivity contribution in [3.05, 3.63) is 46.9 Å². The minimum absolute atomic E-state index is 0.00991. The van der Waals surface area contributed by atoms with Crippen molar-refractivity contribution in [3.8, 4) is 11.3 Å². The van der Waals surface area contributed by atoms with Gasteiger partial charge in [0.25, 0.3) is 0 Å². The highest BCUT2D eigenvalue weighted by atomic mass is 35.5. The molecule has 0 N–H and O–H groups in total. The summed E-state index contributed by atoms with van der Waals surface area (Å²) in [4.78, 5) is 10.4. The van der Waals surface area contributed by atoms with Gasteiger partial charge >= 0.3 is 0 Å². The van der Waals surface area contributed by atoms with E-state index < -0.39 is 5.82 Å². The zero-order valence-corrected chi connectivity index (χ0v) is 8.29. The molecule has 2 rings (SSSR count). The Morgan fingerprint density at radius 2 is 2.07 bits per heavy atom. The molecule has 0 amide bonds. The number of hydrogen-bond acceptors (Lipinski definition) is 2. The number of hydrogen-bond donors (Lipinski definition) is 0. The number of halogens is 2. The predicted molar refractivity (Wildman–Crippen MR) is 54.5 cm³/mol. The molecular weight excluding hydrogens is 219 g/mol. The van der Waals surface area contributed by atoms with Crippen LogP contribution in [0.5, 0.6) is 0 Å². The summed E-state index contributed by atoms with van der Waals surface area (Å²) >= 11 is 5.76. The summed E-state index contributed by atoms with van der Waals surface area (Å²) in [6.45, 7) is 0. The van der Waals surface area contributed by atoms with Gasteiger partial charge in [-0.15, -0.1) is 0 Å². The average molecular weight is 225 g/mol. The minimum Gasteiger partial charge on any atom is -0.453 e. The fourth-order valence-electron chi connectivity index (χ4n) is 1.26. The second kappa shape index (κ2) is 3.87. The Morgan fingerprint density at radius 1 is 1.27 bits per heavy atom. The molecule has 0 aliphatic rings. The zero-order valence-electron chi connectivity index (χ0n) is 7.54. The number of benzene rings is 1. The molecule has 76 valence electrons. The summed E-state index contributed by atoms with van der Waals surface area (Å²) in [7, 11) is 0. The molecule has 15 heavy (non-hydrogen) atoms. The first-order chi connectivity index (χ1) is 7.22. The lowest BCUT2D eigenvalue weighted by Gasteiger charge is -2.00. The molecule has 1 aromatic carbocycles. The molecule has 0 aliphatic heterocycles. The van der Waals surface area contributed by atoms with Crippen LogP contribution in [0.1, 0.15) is 10.6 Å². The number of carbonyl (C=O) groups excluding carboxylic acids is 1. The Bertz CT molecular complexity index is 505. The second-order valence-electron chi connectivity index (χ2n) is 2.92. The van der Waals surface area contributed by atoms with Crippen molar-refractivity contribution in [2.45, 2.75) is 0 Å². The van der Waals surface area contributed by atoms with Crippen LogP contribution in [0.25, 0.3) is 11.3 Å². The summed E-state index contributed by atoms with van der Waals surface area (Å²) in [5.74, 6) is 0.0464. The maximum atomic E-state index is 13.1. The van der Waals surface area contributed by atoms with Crippen LogP contribution < -0.4 is 0 Å². The van der Waals surface area contributed by atoms with Gasteiger partial charge in [-0.2, -0.15) is 0 Å². The van der Waals surface area contributed by atoms with E-state index in [9.17, 15) is 9.18 Å². The third-order valence-electron chi connectivity index (χ3n) is 1.96. The molecule has 0 aliphatic carbocycles. The molecule has 0 fully saturated rings. The molecule has 0 radical (unpaired) electrons. The van der Waals surface area contributed by atoms with Crippen molar-refractivity contribution in [1.82, 2.24) is 0 Å². The van der Waals surface area contributed by atoms with Crippen LogP contribution in [0.4, 0.5) is 4.39 Å². The first-order valence-corrected chi connectivity index (χ1v) is 4.59. The molecule has 2 nitrogen and oxygen atoms in total. The van der Waals surface area contributed by atoms with Crippen molar-refractivity contribution < 1.29 is 13.6 Å². The summed E-state index contributed by atoms with van der Waals surface area (Å²) in [6.07, 6.45) is 0.580. The number of furan rings is 1. The average Bonchev–Trinajstić information content (AvgIpc) is 2.70. The standard InChI is InChI=1S/C11H6ClFO2/c12-11-8(2-1-3-9(11)13)10-5-4-7(6-14)15-10/h1-6H. The molecular formula is C11H6ClFO2. The van der Waals surface area contributed by atoms with Gasteiger partial charge < -0.3 is 4.42 Å². The van der Waals surface area contributed by atoms with Gasteiger partial charge in [0.1, 0.15) is 11.6 Å². The lowest BCUT2D eigenvalue weighted by atomic mass is 10.2. The monoisotopic (exact) mass is 224 g/mol. The summed E-state index contributed by atoms with van der Waals surface area (Å²) in [6, 6.07) is 7.49. The Kier molecular flexibility index (Phi) is 2.56. The maximum absolute atomic E-state index is 13.1. The van der Waals surface area contributed by atoms with Crippen LogP contribution in [0.3, 0.4) is 0 Å². The van der Waals surface area contributed by atoms with Gasteiger partial charge in [-0.05, 0) is 24.3 Å². The van der Waals surface area contributed by atoms with Crippen LogP contribution >= 0.6 is 11.6 Å². The summed E-state index contributed by atoms with van der Waals surface area (Å²) in [5.41, 5.74) is 0.435. The molecule has 1 heterocycles. The van der Waals surface area contributed by atoms with Crippen molar-refractivity contribution in [2.24, 2.45) is 0 Å². The lowest BCUT2D eigenvalue weighted by Crippen LogP contribution is -1.81. The Hall–Kier alpha value is -1.61. The van der Waals surface area contributed by atoms with E-state index in [1.807, 2.05) is 0 Å². The van der Waals surface area contributed by atoms with Gasteiger partial charge in [-0.3, -0.25) is 4.79 Å². The smallest absolute Gasteiger partial charge is 0.185 e. The Balaban J connectivity index is 2.53. The van der Waals surface area contributed by atoms with Gasteiger partial charge in [-0.25, -0.2) is 4.39 Å². The lowest BCUT2D eigenvalue weighted by molar-refractivity contribution is 0.110. The van der Waals surface area contributed by atoms with E-state index >= 15 is 0 Å². The highest BCUT2D eigenvalue weighted by molar-refractivity contribution is 6.33. The van der Waals surface area contributed by atoms with Crippen LogP contribution in [0.15, 0.2) is 34.7 Å². The topological polar surface area (TPSA) is 30.2 Å². The largest absolute Gasteiger partial charge is 0.453 e. The van der Waals surface area contributed by atoms with E-state index in [0.29, 0.717) is 17.6 Å². The fraction of sp³-hybridized carbons (Fsp3) is 0. The molecule has 0 saturated carbocycles. The molecule has 0 unspecified atom stereocenters. The van der Waals surface area contributed by atoms with E-state index in [0.717, 1.165) is 0 Å². The highest BCUT2D eigenvalue weighted by Gasteiger charge is 2.11. The molecule has 0 bridgehead atoms. The number of carbonyl (C=O) groups is 1. The number of rotatable bonds is 2. The summed E-state index contributed by atoms with van der Waals surface area (Å²) < 4.78 is 18.2. The fourth-order valence-corrected chi connectivity index (χ4v) is 1.47. The van der Waals surface area contributed by atoms with Crippen molar-refractivity contribution >= 4 is 17.9 Å². The van der Waals surface area contributed by atoms with Gasteiger partial charge in [0, 0.05) is 5.56 Å².